The number of nitrogens with zero attached hydrogens (tertiary/aromatic N) is 2. The fourth-order valence-electron chi connectivity index (χ4n) is 1.11. The van der Waals surface area contributed by atoms with Crippen molar-refractivity contribution in [1.29, 1.82) is 0 Å². The Morgan fingerprint density at radius 1 is 1.53 bits per heavy atom. The van der Waals surface area contributed by atoms with E-state index < -0.39 is 0 Å². The molecule has 15 heavy (non-hydrogen) atoms. The zero-order valence-corrected chi connectivity index (χ0v) is 8.91. The number of nitrogens with one attached hydrogen (secondary N) is 1. The number of hydrogen-bond acceptors (Lipinski definition) is 5. The summed E-state index contributed by atoms with van der Waals surface area (Å²) in [6.45, 7) is 0.851. The van der Waals surface area contributed by atoms with Crippen LogP contribution in [0.15, 0.2) is 6.33 Å². The van der Waals surface area contributed by atoms with Crippen LogP contribution in [0.1, 0.15) is 10.4 Å². The van der Waals surface area contributed by atoms with Crippen molar-refractivity contribution in [2.75, 3.05) is 25.3 Å². The first kappa shape index (κ1) is 11.5. The Hall–Kier alpha value is -1.56. The van der Waals surface area contributed by atoms with E-state index in [9.17, 15) is 4.79 Å². The number of nitrogen functional groups attached to an aromatic ring is 1. The third-order valence-corrected chi connectivity index (χ3v) is 1.70. The first-order valence-electron chi connectivity index (χ1n) is 4.18. The molecule has 1 aliphatic rings. The van der Waals surface area contributed by atoms with Crippen LogP contribution in [0.2, 0.25) is 0 Å². The number of aromatic nitrogens is 2. The summed E-state index contributed by atoms with van der Waals surface area (Å²) in [5.41, 5.74) is 5.73. The van der Waals surface area contributed by atoms with Crippen LogP contribution in [0.5, 0.6) is 5.88 Å². The van der Waals surface area contributed by atoms with Crippen LogP contribution >= 0.6 is 11.6 Å². The molecule has 1 aliphatic heterocycles. The second kappa shape index (κ2) is 5.35. The van der Waals surface area contributed by atoms with Crippen molar-refractivity contribution in [3.05, 3.63) is 11.9 Å². The lowest BCUT2D eigenvalue weighted by molar-refractivity contribution is 0.0957. The second-order valence-corrected chi connectivity index (χ2v) is 2.54. The number of amides is 1. The maximum atomic E-state index is 11.4. The van der Waals surface area contributed by atoms with E-state index in [1.54, 1.807) is 0 Å². The molecule has 0 aliphatic carbocycles. The molecule has 3 N–H and O–H groups in total. The standard InChI is InChI=1S/C7H8N4O2.CH3Cl/c8-5-4-6(12)9-1-2-13-7(4)11-3-10-5;1-2/h3H,1-2H2,(H,9,12)(H2,8,10,11);1H3. The number of carbonyl (C=O) groups is 1. The van der Waals surface area contributed by atoms with E-state index in [-0.39, 0.29) is 23.2 Å². The maximum Gasteiger partial charge on any atom is 0.260 e. The molecule has 0 bridgehead atoms. The first-order chi connectivity index (χ1) is 7.29. The van der Waals surface area contributed by atoms with Crippen molar-refractivity contribution in [2.45, 2.75) is 0 Å². The van der Waals surface area contributed by atoms with Crippen molar-refractivity contribution >= 4 is 23.3 Å². The number of carbonyl (C=O) groups excluding carboxylic acids is 1. The van der Waals surface area contributed by atoms with E-state index in [1.165, 1.54) is 12.7 Å². The molecule has 82 valence electrons. The number of hydrogen-bond donors (Lipinski definition) is 2. The van der Waals surface area contributed by atoms with Crippen molar-refractivity contribution in [3.63, 3.8) is 0 Å². The summed E-state index contributed by atoms with van der Waals surface area (Å²) in [5, 5.41) is 2.62. The van der Waals surface area contributed by atoms with Crippen molar-refractivity contribution in [3.8, 4) is 5.88 Å². The molecule has 0 radical (unpaired) electrons. The van der Waals surface area contributed by atoms with Gasteiger partial charge in [-0.25, -0.2) is 9.97 Å². The molecular weight excluding hydrogens is 220 g/mol. The van der Waals surface area contributed by atoms with Gasteiger partial charge in [0, 0.05) is 6.38 Å². The third-order valence-electron chi connectivity index (χ3n) is 1.70. The van der Waals surface area contributed by atoms with Gasteiger partial charge < -0.3 is 15.8 Å². The summed E-state index contributed by atoms with van der Waals surface area (Å²) < 4.78 is 5.19. The van der Waals surface area contributed by atoms with Crippen LogP contribution < -0.4 is 15.8 Å². The first-order valence-corrected chi connectivity index (χ1v) is 4.94. The van der Waals surface area contributed by atoms with Gasteiger partial charge in [0.15, 0.2) is 0 Å². The van der Waals surface area contributed by atoms with E-state index >= 15 is 0 Å². The molecule has 1 amide bonds. The Morgan fingerprint density at radius 3 is 3.00 bits per heavy atom. The van der Waals surface area contributed by atoms with Crippen molar-refractivity contribution in [2.24, 2.45) is 0 Å². The SMILES string of the molecule is CCl.Nc1ncnc2c1C(=O)NCCO2. The van der Waals surface area contributed by atoms with Gasteiger partial charge in [-0.05, 0) is 0 Å². The summed E-state index contributed by atoms with van der Waals surface area (Å²) in [4.78, 5) is 18.9. The topological polar surface area (TPSA) is 90.1 Å². The number of fused-ring (bicyclic) bond motifs is 1. The summed E-state index contributed by atoms with van der Waals surface area (Å²) >= 11 is 4.64. The van der Waals surface area contributed by atoms with Gasteiger partial charge in [-0.2, -0.15) is 0 Å². The molecule has 0 saturated heterocycles. The predicted molar refractivity (Wildman–Crippen MR) is 56.0 cm³/mol. The number of ether oxygens (including phenoxy) is 1. The highest BCUT2D eigenvalue weighted by Gasteiger charge is 2.20. The number of halogens is 1. The van der Waals surface area contributed by atoms with Gasteiger partial charge in [0.2, 0.25) is 5.88 Å². The monoisotopic (exact) mass is 230 g/mol. The Kier molecular flexibility index (Phi) is 4.11. The minimum atomic E-state index is -0.286. The molecular formula is C8H11ClN4O2. The zero-order valence-electron chi connectivity index (χ0n) is 8.16. The van der Waals surface area contributed by atoms with Crippen molar-refractivity contribution in [1.82, 2.24) is 15.3 Å². The molecule has 0 spiro atoms. The van der Waals surface area contributed by atoms with Crippen LogP contribution in [0.3, 0.4) is 0 Å². The lowest BCUT2D eigenvalue weighted by Crippen LogP contribution is -2.25. The van der Waals surface area contributed by atoms with Crippen LogP contribution in [0, 0.1) is 0 Å². The quantitative estimate of drug-likeness (QED) is 0.614. The van der Waals surface area contributed by atoms with Crippen LogP contribution in [0.25, 0.3) is 0 Å². The van der Waals surface area contributed by atoms with Gasteiger partial charge in [0.25, 0.3) is 5.91 Å². The number of rotatable bonds is 0. The molecule has 6 nitrogen and oxygen atoms in total. The van der Waals surface area contributed by atoms with Crippen LogP contribution in [-0.4, -0.2) is 35.4 Å². The van der Waals surface area contributed by atoms with E-state index in [0.717, 1.165) is 0 Å². The molecule has 0 aromatic carbocycles. The molecule has 2 rings (SSSR count). The molecule has 0 atom stereocenters. The summed E-state index contributed by atoms with van der Waals surface area (Å²) in [5.74, 6) is 0.109. The maximum absolute atomic E-state index is 11.4. The number of nitrogens with two attached hydrogens (primary N) is 1. The Labute approximate surface area is 91.8 Å². The van der Waals surface area contributed by atoms with Gasteiger partial charge in [-0.3, -0.25) is 4.79 Å². The molecule has 0 unspecified atom stereocenters. The average molecular weight is 231 g/mol. The summed E-state index contributed by atoms with van der Waals surface area (Å²) in [6.07, 6.45) is 2.74. The Morgan fingerprint density at radius 2 is 2.27 bits per heavy atom. The minimum Gasteiger partial charge on any atom is -0.475 e. The van der Waals surface area contributed by atoms with E-state index in [0.29, 0.717) is 13.2 Å². The van der Waals surface area contributed by atoms with Gasteiger partial charge in [0.1, 0.15) is 24.3 Å². The predicted octanol–water partition coefficient (Wildman–Crippen LogP) is 0.0360. The van der Waals surface area contributed by atoms with Crippen LogP contribution in [-0.2, 0) is 0 Å². The van der Waals surface area contributed by atoms with Crippen molar-refractivity contribution < 1.29 is 9.53 Å². The van der Waals surface area contributed by atoms with Gasteiger partial charge in [-0.15, -0.1) is 11.6 Å². The highest BCUT2D eigenvalue weighted by atomic mass is 35.5. The molecule has 1 aromatic heterocycles. The van der Waals surface area contributed by atoms with Crippen LogP contribution in [0.4, 0.5) is 5.82 Å². The highest BCUT2D eigenvalue weighted by Crippen LogP contribution is 2.20. The molecule has 0 fully saturated rings. The smallest absolute Gasteiger partial charge is 0.260 e. The number of anilines is 1. The largest absolute Gasteiger partial charge is 0.475 e. The third kappa shape index (κ3) is 2.47. The normalized spacial score (nSPS) is 13.6. The lowest BCUT2D eigenvalue weighted by atomic mass is 10.3. The fourth-order valence-corrected chi connectivity index (χ4v) is 1.11. The van der Waals surface area contributed by atoms with Gasteiger partial charge >= 0.3 is 0 Å². The van der Waals surface area contributed by atoms with E-state index in [1.807, 2.05) is 0 Å². The highest BCUT2D eigenvalue weighted by molar-refractivity contribution is 6.15. The molecule has 2 heterocycles. The number of alkyl halides is 1. The van der Waals surface area contributed by atoms with Gasteiger partial charge in [-0.1, -0.05) is 0 Å². The summed E-state index contributed by atoms with van der Waals surface area (Å²) in [7, 11) is 0. The van der Waals surface area contributed by atoms with E-state index in [4.69, 9.17) is 10.5 Å². The van der Waals surface area contributed by atoms with E-state index in [2.05, 4.69) is 26.9 Å². The Balaban J connectivity index is 0.000000531. The lowest BCUT2D eigenvalue weighted by Gasteiger charge is -2.04. The molecule has 1 aromatic rings. The van der Waals surface area contributed by atoms with Gasteiger partial charge in [0.05, 0.1) is 6.54 Å². The Bertz CT molecular complexity index is 358. The second-order valence-electron chi connectivity index (χ2n) is 2.54. The summed E-state index contributed by atoms with van der Waals surface area (Å²) in [6, 6.07) is 0. The zero-order chi connectivity index (χ0) is 11.3. The average Bonchev–Trinajstić information content (AvgIpc) is 2.45. The fraction of sp³-hybridized carbons (Fsp3) is 0.375. The molecule has 7 heteroatoms. The molecule has 0 saturated carbocycles. The minimum absolute atomic E-state index is 0.143.